The van der Waals surface area contributed by atoms with Crippen molar-refractivity contribution in [1.29, 1.82) is 0 Å². The Morgan fingerprint density at radius 1 is 1.38 bits per heavy atom. The maximum absolute atomic E-state index is 9.12. The molecule has 1 saturated carbocycles. The summed E-state index contributed by atoms with van der Waals surface area (Å²) in [5.74, 6) is 0. The fraction of sp³-hybridized carbons (Fsp3) is 0.647. The van der Waals surface area contributed by atoms with E-state index < -0.39 is 0 Å². The van der Waals surface area contributed by atoms with E-state index in [2.05, 4.69) is 58.2 Å². The van der Waals surface area contributed by atoms with Gasteiger partial charge < -0.3 is 15.3 Å². The van der Waals surface area contributed by atoms with Crippen molar-refractivity contribution in [3.05, 3.63) is 28.2 Å². The van der Waals surface area contributed by atoms with Crippen LogP contribution in [0.5, 0.6) is 0 Å². The van der Waals surface area contributed by atoms with Crippen LogP contribution in [0.15, 0.2) is 22.7 Å². The van der Waals surface area contributed by atoms with Crippen LogP contribution in [0.2, 0.25) is 0 Å². The predicted octanol–water partition coefficient (Wildman–Crippen LogP) is 3.69. The number of rotatable bonds is 8. The maximum atomic E-state index is 9.12. The molecule has 1 aliphatic carbocycles. The zero-order valence-electron chi connectivity index (χ0n) is 13.1. The molecule has 0 atom stereocenters. The first-order chi connectivity index (χ1) is 10.1. The SMILES string of the molecule is CC(C)NCc1ccc(N(CCCO)C2CCC2)c(Br)c1. The number of hydrogen-bond acceptors (Lipinski definition) is 3. The van der Waals surface area contributed by atoms with Crippen molar-refractivity contribution in [3.8, 4) is 0 Å². The first-order valence-corrected chi connectivity index (χ1v) is 8.80. The third-order valence-corrected chi connectivity index (χ3v) is 4.74. The van der Waals surface area contributed by atoms with Gasteiger partial charge in [-0.1, -0.05) is 19.9 Å². The van der Waals surface area contributed by atoms with E-state index in [9.17, 15) is 0 Å². The third kappa shape index (κ3) is 4.70. The van der Waals surface area contributed by atoms with Gasteiger partial charge in [-0.15, -0.1) is 0 Å². The third-order valence-electron chi connectivity index (χ3n) is 4.11. The molecule has 0 unspecified atom stereocenters. The zero-order chi connectivity index (χ0) is 15.2. The highest BCUT2D eigenvalue weighted by Gasteiger charge is 2.26. The highest BCUT2D eigenvalue weighted by atomic mass is 79.9. The van der Waals surface area contributed by atoms with Crippen molar-refractivity contribution in [2.45, 2.75) is 58.2 Å². The largest absolute Gasteiger partial charge is 0.396 e. The first kappa shape index (κ1) is 16.8. The monoisotopic (exact) mass is 354 g/mol. The molecule has 0 aliphatic heterocycles. The number of halogens is 1. The van der Waals surface area contributed by atoms with Crippen LogP contribution in [-0.4, -0.2) is 30.3 Å². The molecule has 0 heterocycles. The van der Waals surface area contributed by atoms with Gasteiger partial charge in [0.1, 0.15) is 0 Å². The Kier molecular flexibility index (Phi) is 6.52. The van der Waals surface area contributed by atoms with Gasteiger partial charge in [0.15, 0.2) is 0 Å². The van der Waals surface area contributed by atoms with Crippen molar-refractivity contribution in [2.24, 2.45) is 0 Å². The Morgan fingerprint density at radius 3 is 2.67 bits per heavy atom. The summed E-state index contributed by atoms with van der Waals surface area (Å²) in [5, 5.41) is 12.6. The van der Waals surface area contributed by atoms with Crippen LogP contribution in [0.1, 0.15) is 45.1 Å². The number of anilines is 1. The van der Waals surface area contributed by atoms with E-state index in [1.54, 1.807) is 0 Å². The Balaban J connectivity index is 2.08. The van der Waals surface area contributed by atoms with Crippen LogP contribution in [-0.2, 0) is 6.54 Å². The minimum absolute atomic E-state index is 0.261. The predicted molar refractivity (Wildman–Crippen MR) is 92.8 cm³/mol. The van der Waals surface area contributed by atoms with Gasteiger partial charge in [-0.05, 0) is 59.3 Å². The van der Waals surface area contributed by atoms with Crippen LogP contribution in [0.4, 0.5) is 5.69 Å². The van der Waals surface area contributed by atoms with Crippen LogP contribution < -0.4 is 10.2 Å². The second-order valence-electron chi connectivity index (χ2n) is 6.18. The quantitative estimate of drug-likeness (QED) is 0.747. The standard InChI is InChI=1S/C17H27BrN2O/c1-13(2)19-12-14-7-8-17(16(18)11-14)20(9-4-10-21)15-5-3-6-15/h7-8,11,13,15,19,21H,3-6,9-10,12H2,1-2H3. The Hall–Kier alpha value is -0.580. The number of aliphatic hydroxyl groups excluding tert-OH is 1. The average Bonchev–Trinajstić information content (AvgIpc) is 2.39. The second kappa shape index (κ2) is 8.16. The van der Waals surface area contributed by atoms with Gasteiger partial charge in [-0.25, -0.2) is 0 Å². The Bertz CT molecular complexity index is 446. The van der Waals surface area contributed by atoms with Gasteiger partial charge in [-0.2, -0.15) is 0 Å². The number of nitrogens with zero attached hydrogens (tertiary/aromatic N) is 1. The molecule has 3 nitrogen and oxygen atoms in total. The number of benzene rings is 1. The summed E-state index contributed by atoms with van der Waals surface area (Å²) in [4.78, 5) is 2.46. The van der Waals surface area contributed by atoms with Gasteiger partial charge in [0.25, 0.3) is 0 Å². The fourth-order valence-corrected chi connectivity index (χ4v) is 3.31. The molecule has 2 N–H and O–H groups in total. The lowest BCUT2D eigenvalue weighted by Gasteiger charge is -2.40. The van der Waals surface area contributed by atoms with Gasteiger partial charge in [-0.3, -0.25) is 0 Å². The number of aliphatic hydroxyl groups is 1. The lowest BCUT2D eigenvalue weighted by molar-refractivity contribution is 0.283. The summed E-state index contributed by atoms with van der Waals surface area (Å²) in [6.45, 7) is 6.42. The molecule has 1 aromatic rings. The molecule has 0 amide bonds. The molecule has 118 valence electrons. The molecule has 0 bridgehead atoms. The van der Waals surface area contributed by atoms with E-state index in [0.717, 1.165) is 24.0 Å². The number of nitrogens with one attached hydrogen (secondary N) is 1. The lowest BCUT2D eigenvalue weighted by atomic mass is 9.91. The van der Waals surface area contributed by atoms with Crippen molar-refractivity contribution in [3.63, 3.8) is 0 Å². The molecular formula is C17H27BrN2O. The lowest BCUT2D eigenvalue weighted by Crippen LogP contribution is -2.41. The molecule has 0 saturated heterocycles. The highest BCUT2D eigenvalue weighted by molar-refractivity contribution is 9.10. The number of hydrogen-bond donors (Lipinski definition) is 2. The summed E-state index contributed by atoms with van der Waals surface area (Å²) in [6.07, 6.45) is 4.71. The van der Waals surface area contributed by atoms with Crippen LogP contribution in [0, 0.1) is 0 Å². The van der Waals surface area contributed by atoms with Gasteiger partial charge in [0.05, 0.1) is 5.69 Å². The fourth-order valence-electron chi connectivity index (χ4n) is 2.65. The van der Waals surface area contributed by atoms with E-state index in [-0.39, 0.29) is 6.61 Å². The molecule has 1 aromatic carbocycles. The highest BCUT2D eigenvalue weighted by Crippen LogP contribution is 2.34. The van der Waals surface area contributed by atoms with E-state index >= 15 is 0 Å². The summed E-state index contributed by atoms with van der Waals surface area (Å²) in [5.41, 5.74) is 2.57. The first-order valence-electron chi connectivity index (χ1n) is 8.01. The van der Waals surface area contributed by atoms with Crippen molar-refractivity contribution in [1.82, 2.24) is 5.32 Å². The normalized spacial score (nSPS) is 15.3. The second-order valence-corrected chi connectivity index (χ2v) is 7.03. The average molecular weight is 355 g/mol. The molecule has 21 heavy (non-hydrogen) atoms. The van der Waals surface area contributed by atoms with Crippen molar-refractivity contribution >= 4 is 21.6 Å². The molecule has 0 aromatic heterocycles. The molecule has 0 spiro atoms. The van der Waals surface area contributed by atoms with E-state index in [1.165, 1.54) is 30.5 Å². The van der Waals surface area contributed by atoms with E-state index in [1.807, 2.05) is 0 Å². The minimum atomic E-state index is 0.261. The van der Waals surface area contributed by atoms with Crippen molar-refractivity contribution in [2.75, 3.05) is 18.1 Å². The molecular weight excluding hydrogens is 328 g/mol. The van der Waals surface area contributed by atoms with E-state index in [0.29, 0.717) is 12.1 Å². The molecule has 2 rings (SSSR count). The smallest absolute Gasteiger partial charge is 0.0513 e. The molecule has 1 aliphatic rings. The molecule has 4 heteroatoms. The topological polar surface area (TPSA) is 35.5 Å². The van der Waals surface area contributed by atoms with Crippen LogP contribution in [0.25, 0.3) is 0 Å². The summed E-state index contributed by atoms with van der Waals surface area (Å²) in [7, 11) is 0. The molecule has 1 fully saturated rings. The summed E-state index contributed by atoms with van der Waals surface area (Å²) in [6, 6.07) is 7.79. The van der Waals surface area contributed by atoms with Gasteiger partial charge in [0, 0.05) is 36.3 Å². The Labute approximate surface area is 136 Å². The van der Waals surface area contributed by atoms with Crippen molar-refractivity contribution < 1.29 is 5.11 Å². The van der Waals surface area contributed by atoms with E-state index in [4.69, 9.17) is 5.11 Å². The van der Waals surface area contributed by atoms with Crippen LogP contribution >= 0.6 is 15.9 Å². The summed E-state index contributed by atoms with van der Waals surface area (Å²) >= 11 is 3.74. The van der Waals surface area contributed by atoms with Gasteiger partial charge in [0.2, 0.25) is 0 Å². The zero-order valence-corrected chi connectivity index (χ0v) is 14.7. The van der Waals surface area contributed by atoms with Gasteiger partial charge >= 0.3 is 0 Å². The van der Waals surface area contributed by atoms with Crippen LogP contribution in [0.3, 0.4) is 0 Å². The molecule has 0 radical (unpaired) electrons. The maximum Gasteiger partial charge on any atom is 0.0513 e. The summed E-state index contributed by atoms with van der Waals surface area (Å²) < 4.78 is 1.16. The Morgan fingerprint density at radius 2 is 2.14 bits per heavy atom. The minimum Gasteiger partial charge on any atom is -0.396 e.